The van der Waals surface area contributed by atoms with E-state index < -0.39 is 0 Å². The monoisotopic (exact) mass is 275 g/mol. The highest BCUT2D eigenvalue weighted by Crippen LogP contribution is 2.20. The molecular formula is C12H13N5OS. The Bertz CT molecular complexity index is 669. The molecule has 0 bridgehead atoms. The van der Waals surface area contributed by atoms with Crippen molar-refractivity contribution in [3.05, 3.63) is 34.6 Å². The van der Waals surface area contributed by atoms with Crippen LogP contribution in [0.5, 0.6) is 0 Å². The van der Waals surface area contributed by atoms with Gasteiger partial charge in [0.1, 0.15) is 4.88 Å². The van der Waals surface area contributed by atoms with Crippen molar-refractivity contribution in [1.29, 1.82) is 0 Å². The number of thiazole rings is 1. The molecule has 19 heavy (non-hydrogen) atoms. The Balaban J connectivity index is 1.77. The number of carbonyl (C=O) groups is 1. The van der Waals surface area contributed by atoms with Gasteiger partial charge in [0, 0.05) is 19.2 Å². The first-order valence-corrected chi connectivity index (χ1v) is 6.72. The number of hydrogen-bond donors (Lipinski definition) is 2. The largest absolute Gasteiger partial charge is 0.375 e. The number of hydrazone groups is 1. The van der Waals surface area contributed by atoms with Gasteiger partial charge in [0.05, 0.1) is 17.1 Å². The summed E-state index contributed by atoms with van der Waals surface area (Å²) in [5.74, 6) is -0.260. The molecule has 0 aromatic carbocycles. The predicted molar refractivity (Wildman–Crippen MR) is 74.3 cm³/mol. The van der Waals surface area contributed by atoms with Crippen molar-refractivity contribution < 1.29 is 4.79 Å². The van der Waals surface area contributed by atoms with Crippen LogP contribution < -0.4 is 11.2 Å². The number of nitrogens with zero attached hydrogens (tertiary/aromatic N) is 3. The van der Waals surface area contributed by atoms with Crippen LogP contribution >= 0.6 is 11.3 Å². The highest BCUT2D eigenvalue weighted by Gasteiger charge is 2.18. The van der Waals surface area contributed by atoms with Gasteiger partial charge >= 0.3 is 0 Å². The summed E-state index contributed by atoms with van der Waals surface area (Å²) in [5.41, 5.74) is 10.7. The van der Waals surface area contributed by atoms with Crippen LogP contribution in [0.15, 0.2) is 23.4 Å². The molecule has 7 heteroatoms. The van der Waals surface area contributed by atoms with Gasteiger partial charge in [-0.25, -0.2) is 10.4 Å². The Labute approximate surface area is 114 Å². The normalized spacial score (nSPS) is 15.7. The Kier molecular flexibility index (Phi) is 2.83. The summed E-state index contributed by atoms with van der Waals surface area (Å²) < 4.78 is 2.11. The van der Waals surface area contributed by atoms with Crippen molar-refractivity contribution in [3.63, 3.8) is 0 Å². The number of hydrogen-bond acceptors (Lipinski definition) is 5. The molecule has 0 atom stereocenters. The highest BCUT2D eigenvalue weighted by atomic mass is 32.1. The van der Waals surface area contributed by atoms with Gasteiger partial charge in [0.15, 0.2) is 5.13 Å². The van der Waals surface area contributed by atoms with Gasteiger partial charge in [-0.1, -0.05) is 11.3 Å². The third kappa shape index (κ3) is 2.12. The number of aromatic nitrogens is 2. The van der Waals surface area contributed by atoms with Gasteiger partial charge in [0.25, 0.3) is 5.91 Å². The second-order valence-electron chi connectivity index (χ2n) is 4.30. The smallest absolute Gasteiger partial charge is 0.283 e. The second-order valence-corrected chi connectivity index (χ2v) is 5.33. The maximum absolute atomic E-state index is 12.0. The SMILES string of the molecule is Cc1nc(N)sc1C(=O)NN=C1CCn2cccc21. The molecule has 0 saturated heterocycles. The lowest BCUT2D eigenvalue weighted by atomic mass is 10.2. The maximum Gasteiger partial charge on any atom is 0.283 e. The number of anilines is 1. The van der Waals surface area contributed by atoms with E-state index in [1.54, 1.807) is 6.92 Å². The van der Waals surface area contributed by atoms with Crippen LogP contribution in [0.2, 0.25) is 0 Å². The Hall–Kier alpha value is -2.15. The van der Waals surface area contributed by atoms with Gasteiger partial charge in [-0.15, -0.1) is 0 Å². The Morgan fingerprint density at radius 2 is 2.47 bits per heavy atom. The fourth-order valence-corrected chi connectivity index (χ4v) is 2.86. The third-order valence-electron chi connectivity index (χ3n) is 3.03. The quantitative estimate of drug-likeness (QED) is 0.812. The first-order chi connectivity index (χ1) is 9.15. The summed E-state index contributed by atoms with van der Waals surface area (Å²) in [6.45, 7) is 2.67. The predicted octanol–water partition coefficient (Wildman–Crippen LogP) is 1.37. The summed E-state index contributed by atoms with van der Waals surface area (Å²) in [6.07, 6.45) is 2.84. The van der Waals surface area contributed by atoms with E-state index in [0.29, 0.717) is 15.7 Å². The number of rotatable bonds is 2. The number of nitrogens with one attached hydrogen (secondary N) is 1. The summed E-state index contributed by atoms with van der Waals surface area (Å²) in [7, 11) is 0. The molecule has 0 saturated carbocycles. The third-order valence-corrected chi connectivity index (χ3v) is 4.01. The van der Waals surface area contributed by atoms with Crippen molar-refractivity contribution in [2.75, 3.05) is 5.73 Å². The fraction of sp³-hybridized carbons (Fsp3) is 0.250. The van der Waals surface area contributed by atoms with Crippen molar-refractivity contribution >= 4 is 28.1 Å². The molecule has 3 rings (SSSR count). The number of amides is 1. The van der Waals surface area contributed by atoms with Crippen LogP contribution in [0, 0.1) is 6.92 Å². The first kappa shape index (κ1) is 11.9. The number of aryl methyl sites for hydroxylation is 2. The highest BCUT2D eigenvalue weighted by molar-refractivity contribution is 7.17. The van der Waals surface area contributed by atoms with Crippen LogP contribution in [-0.2, 0) is 6.54 Å². The zero-order valence-electron chi connectivity index (χ0n) is 10.4. The summed E-state index contributed by atoms with van der Waals surface area (Å²) in [4.78, 5) is 16.5. The van der Waals surface area contributed by atoms with Crippen molar-refractivity contribution in [1.82, 2.24) is 15.0 Å². The van der Waals surface area contributed by atoms with Crippen LogP contribution in [0.1, 0.15) is 27.5 Å². The minimum Gasteiger partial charge on any atom is -0.375 e. The van der Waals surface area contributed by atoms with Gasteiger partial charge in [-0.05, 0) is 19.1 Å². The van der Waals surface area contributed by atoms with Crippen LogP contribution in [-0.4, -0.2) is 21.2 Å². The molecule has 0 unspecified atom stereocenters. The molecule has 2 aromatic rings. The lowest BCUT2D eigenvalue weighted by Crippen LogP contribution is -2.19. The topological polar surface area (TPSA) is 85.3 Å². The lowest BCUT2D eigenvalue weighted by molar-refractivity contribution is 0.0958. The van der Waals surface area contributed by atoms with Gasteiger partial charge < -0.3 is 10.3 Å². The average Bonchev–Trinajstić information content (AvgIpc) is 3.02. The molecule has 0 fully saturated rings. The second kappa shape index (κ2) is 4.51. The van der Waals surface area contributed by atoms with E-state index in [0.717, 1.165) is 24.4 Å². The Morgan fingerprint density at radius 1 is 1.63 bits per heavy atom. The van der Waals surface area contributed by atoms with Gasteiger partial charge in [0.2, 0.25) is 0 Å². The number of nitrogens with two attached hydrogens (primary N) is 1. The molecule has 3 heterocycles. The van der Waals surface area contributed by atoms with Crippen LogP contribution in [0.25, 0.3) is 0 Å². The van der Waals surface area contributed by atoms with Crippen LogP contribution in [0.3, 0.4) is 0 Å². The van der Waals surface area contributed by atoms with E-state index >= 15 is 0 Å². The molecule has 1 aliphatic rings. The maximum atomic E-state index is 12.0. The van der Waals surface area contributed by atoms with E-state index in [4.69, 9.17) is 5.73 Å². The van der Waals surface area contributed by atoms with E-state index in [1.165, 1.54) is 11.3 Å². The van der Waals surface area contributed by atoms with Crippen LogP contribution in [0.4, 0.5) is 5.13 Å². The molecule has 1 aliphatic heterocycles. The number of fused-ring (bicyclic) bond motifs is 1. The molecule has 98 valence electrons. The summed E-state index contributed by atoms with van der Waals surface area (Å²) >= 11 is 1.17. The number of nitrogen functional groups attached to an aromatic ring is 1. The number of carbonyl (C=O) groups excluding carboxylic acids is 1. The first-order valence-electron chi connectivity index (χ1n) is 5.90. The van der Waals surface area contributed by atoms with Gasteiger partial charge in [-0.2, -0.15) is 5.10 Å². The zero-order valence-corrected chi connectivity index (χ0v) is 11.2. The zero-order chi connectivity index (χ0) is 13.4. The molecular weight excluding hydrogens is 262 g/mol. The molecule has 0 radical (unpaired) electrons. The molecule has 0 aliphatic carbocycles. The molecule has 1 amide bonds. The standard InChI is InChI=1S/C12H13N5OS/c1-7-10(19-12(13)14-7)11(18)16-15-8-4-6-17-5-2-3-9(8)17/h2-3,5H,4,6H2,1H3,(H2,13,14)(H,16,18). The summed E-state index contributed by atoms with van der Waals surface area (Å²) in [6, 6.07) is 3.97. The molecule has 0 spiro atoms. The molecule has 3 N–H and O–H groups in total. The van der Waals surface area contributed by atoms with Crippen molar-refractivity contribution in [2.24, 2.45) is 5.10 Å². The molecule has 2 aromatic heterocycles. The van der Waals surface area contributed by atoms with Crippen molar-refractivity contribution in [3.8, 4) is 0 Å². The average molecular weight is 275 g/mol. The van der Waals surface area contributed by atoms with E-state index in [9.17, 15) is 4.79 Å². The minimum atomic E-state index is -0.260. The van der Waals surface area contributed by atoms with E-state index in [1.807, 2.05) is 18.3 Å². The van der Waals surface area contributed by atoms with Gasteiger partial charge in [-0.3, -0.25) is 4.79 Å². The van der Waals surface area contributed by atoms with Crippen molar-refractivity contribution in [2.45, 2.75) is 19.9 Å². The summed E-state index contributed by atoms with van der Waals surface area (Å²) in [5, 5.41) is 4.59. The van der Waals surface area contributed by atoms with E-state index in [-0.39, 0.29) is 5.91 Å². The minimum absolute atomic E-state index is 0.260. The molecule has 6 nitrogen and oxygen atoms in total. The fourth-order valence-electron chi connectivity index (χ4n) is 2.14. The van der Waals surface area contributed by atoms with E-state index in [2.05, 4.69) is 20.1 Å². The lowest BCUT2D eigenvalue weighted by Gasteiger charge is -1.99. The Morgan fingerprint density at radius 3 is 3.21 bits per heavy atom.